The maximum absolute atomic E-state index is 11.6. The first-order valence-electron chi connectivity index (χ1n) is 2.38. The second-order valence-electron chi connectivity index (χ2n) is 1.67. The molecule has 1 aliphatic heterocycles. The molecule has 2 nitrogen and oxygen atoms in total. The summed E-state index contributed by atoms with van der Waals surface area (Å²) in [4.78, 5) is 10.2. The largest absolute Gasteiger partial charge is 0.441 e. The van der Waals surface area contributed by atoms with Crippen molar-refractivity contribution < 1.29 is 22.7 Å². The van der Waals surface area contributed by atoms with Crippen LogP contribution in [0.2, 0.25) is 0 Å². The first kappa shape index (κ1) is 7.71. The number of halogens is 3. The number of hydrogen-bond acceptors (Lipinski definition) is 3. The number of hydrogen-bond donors (Lipinski definition) is 0. The van der Waals surface area contributed by atoms with Crippen LogP contribution in [0.25, 0.3) is 0 Å². The number of carbonyl (C=O) groups is 1. The van der Waals surface area contributed by atoms with Crippen LogP contribution in [-0.2, 0) is 9.53 Å². The Hall–Kier alpha value is -0.390. The van der Waals surface area contributed by atoms with E-state index < -0.39 is 17.6 Å². The third-order valence-corrected chi connectivity index (χ3v) is 1.93. The predicted molar refractivity (Wildman–Crippen MR) is 28.4 cm³/mol. The van der Waals surface area contributed by atoms with Gasteiger partial charge in [-0.05, 0) is 0 Å². The molecule has 0 aromatic rings. The van der Waals surface area contributed by atoms with Gasteiger partial charge in [-0.25, -0.2) is 0 Å². The average molecular weight is 172 g/mol. The molecule has 0 radical (unpaired) electrons. The number of cyclic esters (lactones) is 1. The van der Waals surface area contributed by atoms with E-state index in [9.17, 15) is 18.0 Å². The molecule has 1 heterocycles. The van der Waals surface area contributed by atoms with Gasteiger partial charge in [0.15, 0.2) is 0 Å². The van der Waals surface area contributed by atoms with Gasteiger partial charge >= 0.3 is 12.1 Å². The average Bonchev–Trinajstić information content (AvgIpc) is 2.11. The van der Waals surface area contributed by atoms with Crippen LogP contribution in [0.15, 0.2) is 0 Å². The summed E-state index contributed by atoms with van der Waals surface area (Å²) in [7, 11) is 0. The Bertz CT molecular complexity index is 155. The maximum Gasteiger partial charge on any atom is 0.435 e. The van der Waals surface area contributed by atoms with E-state index >= 15 is 0 Å². The van der Waals surface area contributed by atoms with Crippen LogP contribution in [0, 0.1) is 0 Å². The molecule has 0 amide bonds. The molecule has 1 saturated heterocycles. The second kappa shape index (κ2) is 2.34. The third-order valence-electron chi connectivity index (χ3n) is 0.858. The van der Waals surface area contributed by atoms with Crippen LogP contribution in [0.3, 0.4) is 0 Å². The van der Waals surface area contributed by atoms with Crippen molar-refractivity contribution in [2.45, 2.75) is 11.6 Å². The van der Waals surface area contributed by atoms with E-state index in [1.807, 2.05) is 0 Å². The van der Waals surface area contributed by atoms with Gasteiger partial charge in [0.25, 0.3) is 0 Å². The summed E-state index contributed by atoms with van der Waals surface area (Å²) in [6, 6.07) is 0. The summed E-state index contributed by atoms with van der Waals surface area (Å²) >= 11 is 0.461. The zero-order valence-electron chi connectivity index (χ0n) is 4.64. The highest BCUT2D eigenvalue weighted by Gasteiger charge is 2.46. The molecule has 0 saturated carbocycles. The highest BCUT2D eigenvalue weighted by atomic mass is 32.2. The van der Waals surface area contributed by atoms with Crippen molar-refractivity contribution >= 4 is 17.7 Å². The molecule has 0 N–H and O–H groups in total. The number of rotatable bonds is 0. The maximum atomic E-state index is 11.6. The zero-order valence-corrected chi connectivity index (χ0v) is 5.46. The van der Waals surface area contributed by atoms with Gasteiger partial charge < -0.3 is 4.74 Å². The molecule has 0 aromatic carbocycles. The van der Waals surface area contributed by atoms with Gasteiger partial charge in [-0.2, -0.15) is 13.2 Å². The third kappa shape index (κ3) is 1.56. The quantitative estimate of drug-likeness (QED) is 0.513. The lowest BCUT2D eigenvalue weighted by molar-refractivity contribution is -0.191. The number of carbonyl (C=O) groups excluding carboxylic acids is 1. The second-order valence-corrected chi connectivity index (χ2v) is 2.72. The van der Waals surface area contributed by atoms with Crippen LogP contribution < -0.4 is 0 Å². The van der Waals surface area contributed by atoms with Crippen molar-refractivity contribution in [3.8, 4) is 0 Å². The van der Waals surface area contributed by atoms with Gasteiger partial charge in [0.05, 0.1) is 5.75 Å². The Balaban J connectivity index is 2.53. The highest BCUT2D eigenvalue weighted by molar-refractivity contribution is 8.00. The predicted octanol–water partition coefficient (Wildman–Crippen LogP) is 1.16. The van der Waals surface area contributed by atoms with E-state index in [1.54, 1.807) is 0 Å². The molecule has 1 atom stereocenters. The molecule has 10 heavy (non-hydrogen) atoms. The van der Waals surface area contributed by atoms with Crippen molar-refractivity contribution in [3.63, 3.8) is 0 Å². The summed E-state index contributed by atoms with van der Waals surface area (Å²) in [5.74, 6) is -1.00. The van der Waals surface area contributed by atoms with E-state index in [4.69, 9.17) is 0 Å². The van der Waals surface area contributed by atoms with Crippen molar-refractivity contribution in [2.75, 3.05) is 5.75 Å². The van der Waals surface area contributed by atoms with Gasteiger partial charge in [0, 0.05) is 0 Å². The summed E-state index contributed by atoms with van der Waals surface area (Å²) in [6.07, 6.45) is -4.42. The van der Waals surface area contributed by atoms with Crippen molar-refractivity contribution in [2.24, 2.45) is 0 Å². The molecule has 0 bridgehead atoms. The molecule has 0 aromatic heterocycles. The smallest absolute Gasteiger partial charge is 0.435 e. The number of esters is 1. The molecule has 1 aliphatic rings. The van der Waals surface area contributed by atoms with Gasteiger partial charge in [0.1, 0.15) is 0 Å². The molecule has 1 rings (SSSR count). The standard InChI is InChI=1S/C4H3F3O2S/c5-4(6,7)3-9-2(8)1-10-3/h3H,1H2. The topological polar surface area (TPSA) is 26.3 Å². The molecule has 1 unspecified atom stereocenters. The Morgan fingerprint density at radius 1 is 1.60 bits per heavy atom. The first-order valence-corrected chi connectivity index (χ1v) is 3.43. The Labute approximate surface area is 58.7 Å². The van der Waals surface area contributed by atoms with Crippen molar-refractivity contribution in [1.82, 2.24) is 0 Å². The van der Waals surface area contributed by atoms with E-state index in [1.165, 1.54) is 0 Å². The van der Waals surface area contributed by atoms with Crippen LogP contribution in [0.5, 0.6) is 0 Å². The van der Waals surface area contributed by atoms with E-state index in [-0.39, 0.29) is 5.75 Å². The lowest BCUT2D eigenvalue weighted by Crippen LogP contribution is -2.25. The van der Waals surface area contributed by atoms with E-state index in [0.717, 1.165) is 0 Å². The SMILES string of the molecule is O=C1CSC(C(F)(F)F)O1. The Morgan fingerprint density at radius 2 is 2.20 bits per heavy atom. The van der Waals surface area contributed by atoms with Crippen molar-refractivity contribution in [3.05, 3.63) is 0 Å². The summed E-state index contributed by atoms with van der Waals surface area (Å²) in [5, 5.41) is 0. The van der Waals surface area contributed by atoms with Crippen LogP contribution in [0.4, 0.5) is 13.2 Å². The fourth-order valence-electron chi connectivity index (χ4n) is 0.492. The minimum absolute atomic E-state index is 0.204. The molecular formula is C4H3F3O2S. The molecule has 0 spiro atoms. The number of thioether (sulfide) groups is 1. The van der Waals surface area contributed by atoms with Crippen molar-refractivity contribution in [1.29, 1.82) is 0 Å². The lowest BCUT2D eigenvalue weighted by atomic mass is 10.7. The first-order chi connectivity index (χ1) is 4.50. The fourth-order valence-corrected chi connectivity index (χ4v) is 1.21. The molecule has 0 aliphatic carbocycles. The van der Waals surface area contributed by atoms with Gasteiger partial charge in [-0.3, -0.25) is 4.79 Å². The Kier molecular flexibility index (Phi) is 1.80. The van der Waals surface area contributed by atoms with Gasteiger partial charge in [-0.1, -0.05) is 11.8 Å². The van der Waals surface area contributed by atoms with Crippen LogP contribution in [0.1, 0.15) is 0 Å². The molecule has 1 fully saturated rings. The fraction of sp³-hybridized carbons (Fsp3) is 0.750. The highest BCUT2D eigenvalue weighted by Crippen LogP contribution is 2.35. The summed E-state index contributed by atoms with van der Waals surface area (Å²) < 4.78 is 38.8. The van der Waals surface area contributed by atoms with Crippen LogP contribution >= 0.6 is 11.8 Å². The summed E-state index contributed by atoms with van der Waals surface area (Å²) in [5.41, 5.74) is -1.94. The Morgan fingerprint density at radius 3 is 2.40 bits per heavy atom. The number of alkyl halides is 3. The van der Waals surface area contributed by atoms with Gasteiger partial charge in [-0.15, -0.1) is 0 Å². The molecular weight excluding hydrogens is 169 g/mol. The molecule has 58 valence electrons. The minimum atomic E-state index is -4.42. The van der Waals surface area contributed by atoms with Crippen LogP contribution in [-0.4, -0.2) is 23.3 Å². The zero-order chi connectivity index (χ0) is 7.78. The lowest BCUT2D eigenvalue weighted by Gasteiger charge is -2.10. The number of ether oxygens (including phenoxy) is 1. The molecule has 6 heteroatoms. The van der Waals surface area contributed by atoms with E-state index in [2.05, 4.69) is 4.74 Å². The van der Waals surface area contributed by atoms with Gasteiger partial charge in [0.2, 0.25) is 5.44 Å². The normalized spacial score (nSPS) is 26.7. The summed E-state index contributed by atoms with van der Waals surface area (Å²) in [6.45, 7) is 0. The van der Waals surface area contributed by atoms with E-state index in [0.29, 0.717) is 11.8 Å². The monoisotopic (exact) mass is 172 g/mol. The minimum Gasteiger partial charge on any atom is -0.441 e.